The van der Waals surface area contributed by atoms with Crippen LogP contribution in [0.15, 0.2) is 0 Å². The van der Waals surface area contributed by atoms with E-state index in [0.29, 0.717) is 0 Å². The van der Waals surface area contributed by atoms with E-state index in [1.165, 1.54) is 0 Å². The third-order valence-corrected chi connectivity index (χ3v) is 0.632. The Labute approximate surface area is 113 Å². The molecule has 0 aromatic rings. The molecule has 0 bridgehead atoms. The van der Waals surface area contributed by atoms with Crippen molar-refractivity contribution >= 4 is 11.9 Å². The van der Waals surface area contributed by atoms with Crippen LogP contribution in [0.25, 0.3) is 0 Å². The molecule has 0 radical (unpaired) electrons. The van der Waals surface area contributed by atoms with Crippen molar-refractivity contribution in [3.63, 3.8) is 0 Å². The number of aliphatic hydroxyl groups excluding tert-OH is 1. The van der Waals surface area contributed by atoms with Crippen LogP contribution in [0.2, 0.25) is 0 Å². The minimum Gasteiger partial charge on any atom is -0.550 e. The van der Waals surface area contributed by atoms with E-state index in [1.54, 1.807) is 0 Å². The Morgan fingerprint density at radius 2 is 1.58 bits per heavy atom. The van der Waals surface area contributed by atoms with Gasteiger partial charge in [0.15, 0.2) is 0 Å². The predicted octanol–water partition coefficient (Wildman–Crippen LogP) is -10.6. The maximum atomic E-state index is 9.58. The second kappa shape index (κ2) is 11.9. The molecular weight excluding hydrogens is 190 g/mol. The maximum absolute atomic E-state index is 9.58. The summed E-state index contributed by atoms with van der Waals surface area (Å²) in [6.07, 6.45) is -2.89. The van der Waals surface area contributed by atoms with Crippen LogP contribution in [0.1, 0.15) is 6.42 Å². The van der Waals surface area contributed by atoms with Gasteiger partial charge in [0.25, 0.3) is 0 Å². The van der Waals surface area contributed by atoms with Gasteiger partial charge in [-0.05, 0) is 0 Å². The van der Waals surface area contributed by atoms with Crippen molar-refractivity contribution in [2.24, 2.45) is 0 Å². The molecule has 0 aliphatic carbocycles. The normalized spacial score (nSPS) is 9.42. The van der Waals surface area contributed by atoms with E-state index >= 15 is 0 Å². The number of aliphatic hydroxyl groups is 1. The van der Waals surface area contributed by atoms with E-state index in [2.05, 4.69) is 0 Å². The van der Waals surface area contributed by atoms with Crippen LogP contribution in [0.4, 0.5) is 0 Å². The second-order valence-electron chi connectivity index (χ2n) is 1.41. The van der Waals surface area contributed by atoms with Gasteiger partial charge in [0, 0.05) is 12.4 Å². The van der Waals surface area contributed by atoms with Gasteiger partial charge in [0.05, 0.1) is 12.1 Å². The number of rotatable bonds is 3. The molecule has 0 rings (SSSR count). The summed E-state index contributed by atoms with van der Waals surface area (Å²) < 4.78 is 0. The minimum absolute atomic E-state index is 0. The first-order chi connectivity index (χ1) is 4.04. The Morgan fingerprint density at radius 1 is 1.25 bits per heavy atom. The standard InChI is InChI=1S/C4H6O5.2Na.H2O/c5-2(4(8)9)1-3(6)7;;;/h2,5H,1H2,(H,6,7)(H,8,9);;;1H2/q;2*+1;/p-2. The number of carboxylic acids is 2. The third-order valence-electron chi connectivity index (χ3n) is 0.632. The molecular formula is C4H6Na2O6. The summed E-state index contributed by atoms with van der Waals surface area (Å²) in [6.45, 7) is 0. The Hall–Kier alpha value is 0.860. The van der Waals surface area contributed by atoms with Crippen molar-refractivity contribution in [1.29, 1.82) is 0 Å². The Kier molecular flexibility index (Phi) is 22.8. The van der Waals surface area contributed by atoms with E-state index < -0.39 is 24.5 Å². The number of carbonyl (C=O) groups excluding carboxylic acids is 2. The zero-order valence-corrected chi connectivity index (χ0v) is 10.9. The summed E-state index contributed by atoms with van der Waals surface area (Å²) in [4.78, 5) is 19.1. The maximum Gasteiger partial charge on any atom is 1.00 e. The van der Waals surface area contributed by atoms with Crippen molar-refractivity contribution in [1.82, 2.24) is 0 Å². The van der Waals surface area contributed by atoms with Gasteiger partial charge in [-0.15, -0.1) is 0 Å². The first kappa shape index (κ1) is 23.0. The SMILES string of the molecule is O.O=C([O-])CC(O)C(=O)[O-].[Na+].[Na+]. The van der Waals surface area contributed by atoms with Gasteiger partial charge >= 0.3 is 59.1 Å². The van der Waals surface area contributed by atoms with Gasteiger partial charge in [0.2, 0.25) is 0 Å². The van der Waals surface area contributed by atoms with E-state index in [4.69, 9.17) is 5.11 Å². The van der Waals surface area contributed by atoms with Gasteiger partial charge in [-0.25, -0.2) is 0 Å². The molecule has 0 aromatic heterocycles. The van der Waals surface area contributed by atoms with E-state index in [0.717, 1.165) is 0 Å². The average Bonchev–Trinajstić information content (AvgIpc) is 1.63. The van der Waals surface area contributed by atoms with Crippen molar-refractivity contribution in [3.8, 4) is 0 Å². The molecule has 6 nitrogen and oxygen atoms in total. The molecule has 0 fully saturated rings. The van der Waals surface area contributed by atoms with Gasteiger partial charge in [-0.3, -0.25) is 0 Å². The third kappa shape index (κ3) is 13.4. The summed E-state index contributed by atoms with van der Waals surface area (Å²) in [5, 5.41) is 27.3. The monoisotopic (exact) mass is 196 g/mol. The minimum atomic E-state index is -1.96. The molecule has 0 spiro atoms. The summed E-state index contributed by atoms with van der Waals surface area (Å²) in [5.74, 6) is -3.43. The summed E-state index contributed by atoms with van der Waals surface area (Å²) in [5.41, 5.74) is 0. The number of carboxylic acid groups (broad SMARTS) is 2. The van der Waals surface area contributed by atoms with Crippen LogP contribution in [0, 0.1) is 0 Å². The molecule has 3 N–H and O–H groups in total. The molecule has 1 atom stereocenters. The van der Waals surface area contributed by atoms with Crippen molar-refractivity contribution in [2.75, 3.05) is 0 Å². The molecule has 0 aliphatic rings. The summed E-state index contributed by atoms with van der Waals surface area (Å²) in [6, 6.07) is 0. The molecule has 1 unspecified atom stereocenters. The van der Waals surface area contributed by atoms with Gasteiger partial charge in [0.1, 0.15) is 0 Å². The quantitative estimate of drug-likeness (QED) is 0.447. The van der Waals surface area contributed by atoms with Crippen molar-refractivity contribution < 1.29 is 89.5 Å². The summed E-state index contributed by atoms with van der Waals surface area (Å²) >= 11 is 0. The van der Waals surface area contributed by atoms with E-state index in [1.807, 2.05) is 0 Å². The molecule has 8 heteroatoms. The molecule has 0 heterocycles. The molecule has 0 saturated carbocycles. The fourth-order valence-corrected chi connectivity index (χ4v) is 0.241. The fraction of sp³-hybridized carbons (Fsp3) is 0.500. The first-order valence-corrected chi connectivity index (χ1v) is 2.13. The summed E-state index contributed by atoms with van der Waals surface area (Å²) in [7, 11) is 0. The van der Waals surface area contributed by atoms with Crippen LogP contribution >= 0.6 is 0 Å². The fourth-order valence-electron chi connectivity index (χ4n) is 0.241. The van der Waals surface area contributed by atoms with Crippen LogP contribution in [-0.2, 0) is 9.59 Å². The number of aliphatic carboxylic acids is 2. The predicted molar refractivity (Wildman–Crippen MR) is 24.3 cm³/mol. The van der Waals surface area contributed by atoms with Crippen LogP contribution in [-0.4, -0.2) is 28.6 Å². The zero-order valence-electron chi connectivity index (χ0n) is 6.86. The average molecular weight is 196 g/mol. The molecule has 12 heavy (non-hydrogen) atoms. The Balaban J connectivity index is -0.000000107. The molecule has 0 aromatic carbocycles. The topological polar surface area (TPSA) is 132 Å². The van der Waals surface area contributed by atoms with Crippen molar-refractivity contribution in [3.05, 3.63) is 0 Å². The number of hydrogen-bond donors (Lipinski definition) is 1. The first-order valence-electron chi connectivity index (χ1n) is 2.13. The number of hydrogen-bond acceptors (Lipinski definition) is 5. The Morgan fingerprint density at radius 3 is 1.67 bits per heavy atom. The smallest absolute Gasteiger partial charge is 0.550 e. The molecule has 0 amide bonds. The molecule has 0 saturated heterocycles. The van der Waals surface area contributed by atoms with Gasteiger partial charge in [-0.1, -0.05) is 0 Å². The molecule has 0 aliphatic heterocycles. The second-order valence-corrected chi connectivity index (χ2v) is 1.41. The van der Waals surface area contributed by atoms with Crippen molar-refractivity contribution in [2.45, 2.75) is 12.5 Å². The molecule has 60 valence electrons. The zero-order chi connectivity index (χ0) is 7.44. The van der Waals surface area contributed by atoms with Crippen LogP contribution in [0.5, 0.6) is 0 Å². The number of carbonyl (C=O) groups is 2. The van der Waals surface area contributed by atoms with E-state index in [9.17, 15) is 19.8 Å². The Bertz CT molecular complexity index is 138. The largest absolute Gasteiger partial charge is 1.00 e. The van der Waals surface area contributed by atoms with Gasteiger partial charge < -0.3 is 30.4 Å². The van der Waals surface area contributed by atoms with Crippen LogP contribution < -0.4 is 69.3 Å². The van der Waals surface area contributed by atoms with E-state index in [-0.39, 0.29) is 64.6 Å². The van der Waals surface area contributed by atoms with Crippen LogP contribution in [0.3, 0.4) is 0 Å². The van der Waals surface area contributed by atoms with Gasteiger partial charge in [-0.2, -0.15) is 0 Å².